The van der Waals surface area contributed by atoms with Crippen molar-refractivity contribution in [3.05, 3.63) is 48.0 Å². The number of halogens is 7. The Morgan fingerprint density at radius 1 is 0.826 bits per heavy atom. The van der Waals surface area contributed by atoms with Crippen molar-refractivity contribution in [2.75, 3.05) is 0 Å². The van der Waals surface area contributed by atoms with E-state index in [2.05, 4.69) is 0 Å². The SMILES string of the molecule is FC(F)(F)c1cccc2c1[SH+]c1ccccc1S2.F[B-](F)(F)F. The van der Waals surface area contributed by atoms with Gasteiger partial charge in [0.2, 0.25) is 0 Å². The first-order valence-corrected chi connectivity index (χ1v) is 7.83. The summed E-state index contributed by atoms with van der Waals surface area (Å²) in [5, 5.41) is 0. The molecule has 1 aliphatic heterocycles. The number of thiol groups is 1. The monoisotopic (exact) mass is 372 g/mol. The Kier molecular flexibility index (Phi) is 5.25. The van der Waals surface area contributed by atoms with Gasteiger partial charge in [0, 0.05) is 11.8 Å². The van der Waals surface area contributed by atoms with Gasteiger partial charge in [-0.1, -0.05) is 30.0 Å². The highest BCUT2D eigenvalue weighted by atomic mass is 32.2. The van der Waals surface area contributed by atoms with Crippen molar-refractivity contribution in [1.29, 1.82) is 0 Å². The van der Waals surface area contributed by atoms with E-state index in [4.69, 9.17) is 0 Å². The first-order valence-electron chi connectivity index (χ1n) is 6.12. The third kappa shape index (κ3) is 5.10. The molecule has 10 heteroatoms. The van der Waals surface area contributed by atoms with Gasteiger partial charge in [0.05, 0.1) is 9.79 Å². The second-order valence-corrected chi connectivity index (χ2v) is 6.56. The summed E-state index contributed by atoms with van der Waals surface area (Å²) in [4.78, 5) is 3.04. The van der Waals surface area contributed by atoms with Gasteiger partial charge in [-0.15, -0.1) is 0 Å². The molecule has 124 valence electrons. The third-order valence-electron chi connectivity index (χ3n) is 2.62. The standard InChI is InChI=1S/C13H7F3S2.BF4/c14-13(15,16)8-4-3-7-11-12(8)18-10-6-2-1-5-9(10)17-11;2-1(3,4)5/h1-7H;/q;-1/p+1. The lowest BCUT2D eigenvalue weighted by Crippen LogP contribution is -2.11. The van der Waals surface area contributed by atoms with Crippen LogP contribution in [0.25, 0.3) is 0 Å². The van der Waals surface area contributed by atoms with Crippen molar-refractivity contribution < 1.29 is 30.4 Å². The fourth-order valence-corrected chi connectivity index (χ4v) is 4.37. The maximum atomic E-state index is 12.9. The molecule has 0 atom stereocenters. The average molecular weight is 372 g/mol. The maximum absolute atomic E-state index is 12.9. The summed E-state index contributed by atoms with van der Waals surface area (Å²) in [6.07, 6.45) is -4.29. The molecule has 23 heavy (non-hydrogen) atoms. The van der Waals surface area contributed by atoms with Crippen LogP contribution in [0.3, 0.4) is 0 Å². The number of rotatable bonds is 0. The molecule has 0 aromatic heterocycles. The molecular formula is C13H8BF7S2. The number of hydrogen-bond acceptors (Lipinski definition) is 1. The van der Waals surface area contributed by atoms with Gasteiger partial charge in [-0.3, -0.25) is 0 Å². The van der Waals surface area contributed by atoms with Gasteiger partial charge in [-0.05, 0) is 24.3 Å². The summed E-state index contributed by atoms with van der Waals surface area (Å²) in [5.41, 5.74) is -0.524. The molecule has 0 saturated heterocycles. The minimum absolute atomic E-state index is 0.369. The highest BCUT2D eigenvalue weighted by molar-refractivity contribution is 8.00. The zero-order chi connectivity index (χ0) is 17.3. The smallest absolute Gasteiger partial charge is 0.418 e. The predicted molar refractivity (Wildman–Crippen MR) is 77.5 cm³/mol. The lowest BCUT2D eigenvalue weighted by Gasteiger charge is -2.15. The van der Waals surface area contributed by atoms with Crippen LogP contribution in [0.2, 0.25) is 0 Å². The van der Waals surface area contributed by atoms with E-state index in [9.17, 15) is 30.4 Å². The molecule has 1 heterocycles. The lowest BCUT2D eigenvalue weighted by molar-refractivity contribution is -0.140. The molecule has 0 nitrogen and oxygen atoms in total. The predicted octanol–water partition coefficient (Wildman–Crippen LogP) is 5.70. The summed E-state index contributed by atoms with van der Waals surface area (Å²) in [6, 6.07) is 11.9. The van der Waals surface area contributed by atoms with Crippen LogP contribution in [0, 0.1) is 0 Å². The fraction of sp³-hybridized carbons (Fsp3) is 0.0769. The molecule has 0 saturated carbocycles. The van der Waals surface area contributed by atoms with E-state index >= 15 is 0 Å². The number of fused-ring (bicyclic) bond motifs is 2. The summed E-state index contributed by atoms with van der Waals surface area (Å²) < 4.78 is 77.8. The van der Waals surface area contributed by atoms with Crippen molar-refractivity contribution >= 4 is 30.8 Å². The largest absolute Gasteiger partial charge is 0.673 e. The molecule has 3 rings (SSSR count). The van der Waals surface area contributed by atoms with Crippen LogP contribution in [-0.2, 0) is 17.9 Å². The Morgan fingerprint density at radius 3 is 2.00 bits per heavy atom. The van der Waals surface area contributed by atoms with Crippen molar-refractivity contribution in [3.8, 4) is 0 Å². The van der Waals surface area contributed by atoms with Gasteiger partial charge in [-0.25, -0.2) is 0 Å². The Bertz CT molecular complexity index is 691. The Morgan fingerprint density at radius 2 is 1.39 bits per heavy atom. The van der Waals surface area contributed by atoms with Gasteiger partial charge in [-0.2, -0.15) is 13.2 Å². The van der Waals surface area contributed by atoms with Crippen LogP contribution in [0.1, 0.15) is 5.56 Å². The minimum Gasteiger partial charge on any atom is -0.418 e. The van der Waals surface area contributed by atoms with E-state index in [1.54, 1.807) is 6.07 Å². The lowest BCUT2D eigenvalue weighted by atomic mass is 10.2. The van der Waals surface area contributed by atoms with E-state index in [1.807, 2.05) is 24.3 Å². The van der Waals surface area contributed by atoms with Crippen molar-refractivity contribution in [3.63, 3.8) is 0 Å². The van der Waals surface area contributed by atoms with Crippen molar-refractivity contribution in [2.45, 2.75) is 25.8 Å². The highest BCUT2D eigenvalue weighted by Gasteiger charge is 2.39. The molecule has 0 amide bonds. The fourth-order valence-electron chi connectivity index (χ4n) is 1.82. The van der Waals surface area contributed by atoms with Crippen molar-refractivity contribution in [1.82, 2.24) is 0 Å². The first-order chi connectivity index (χ1) is 10.6. The van der Waals surface area contributed by atoms with E-state index in [0.29, 0.717) is 21.6 Å². The quantitative estimate of drug-likeness (QED) is 0.211. The van der Waals surface area contributed by atoms with Gasteiger partial charge in [0.1, 0.15) is 5.56 Å². The van der Waals surface area contributed by atoms with Crippen LogP contribution in [0.5, 0.6) is 0 Å². The summed E-state index contributed by atoms with van der Waals surface area (Å²) in [5.74, 6) is 0. The number of benzene rings is 2. The zero-order valence-corrected chi connectivity index (χ0v) is 12.8. The van der Waals surface area contributed by atoms with E-state index in [-0.39, 0.29) is 0 Å². The molecule has 0 N–H and O–H groups in total. The van der Waals surface area contributed by atoms with E-state index in [1.165, 1.54) is 17.8 Å². The molecular weight excluding hydrogens is 364 g/mol. The van der Waals surface area contributed by atoms with Crippen LogP contribution in [-0.4, -0.2) is 7.25 Å². The second-order valence-electron chi connectivity index (χ2n) is 4.33. The first kappa shape index (κ1) is 18.1. The molecule has 1 aliphatic rings. The van der Waals surface area contributed by atoms with Gasteiger partial charge in [0.15, 0.2) is 9.79 Å². The average Bonchev–Trinajstić information content (AvgIpc) is 2.41. The molecule has 2 aromatic rings. The molecule has 0 bridgehead atoms. The van der Waals surface area contributed by atoms with E-state index in [0.717, 1.165) is 15.9 Å². The van der Waals surface area contributed by atoms with Crippen molar-refractivity contribution in [2.24, 2.45) is 0 Å². The number of alkyl halides is 3. The summed E-state index contributed by atoms with van der Waals surface area (Å²) in [6.45, 7) is 0. The molecule has 0 aliphatic carbocycles. The molecule has 0 unspecified atom stereocenters. The normalized spacial score (nSPS) is 13.5. The van der Waals surface area contributed by atoms with Crippen LogP contribution in [0.4, 0.5) is 30.4 Å². The van der Waals surface area contributed by atoms with Gasteiger partial charge < -0.3 is 17.3 Å². The Hall–Kier alpha value is -1.29. The van der Waals surface area contributed by atoms with Gasteiger partial charge >= 0.3 is 13.4 Å². The van der Waals surface area contributed by atoms with Crippen LogP contribution >= 0.6 is 11.8 Å². The molecule has 0 fully saturated rings. The number of hydrogen-bond donors (Lipinski definition) is 0. The van der Waals surface area contributed by atoms with Crippen LogP contribution in [0.15, 0.2) is 62.0 Å². The topological polar surface area (TPSA) is 0 Å². The second kappa shape index (κ2) is 6.68. The Balaban J connectivity index is 0.000000338. The zero-order valence-electron chi connectivity index (χ0n) is 11.1. The van der Waals surface area contributed by atoms with Gasteiger partial charge in [0.25, 0.3) is 0 Å². The molecule has 2 aromatic carbocycles. The summed E-state index contributed by atoms with van der Waals surface area (Å²) >= 11 is 2.04. The van der Waals surface area contributed by atoms with E-state index < -0.39 is 19.0 Å². The molecule has 0 radical (unpaired) electrons. The minimum atomic E-state index is -6.00. The highest BCUT2D eigenvalue weighted by Crippen LogP contribution is 2.45. The third-order valence-corrected chi connectivity index (χ3v) is 5.40. The maximum Gasteiger partial charge on any atom is 0.673 e. The van der Waals surface area contributed by atoms with Crippen LogP contribution < -0.4 is 0 Å². The summed E-state index contributed by atoms with van der Waals surface area (Å²) in [7, 11) is -6.00. The Labute approximate surface area is 135 Å². The molecule has 0 spiro atoms.